The van der Waals surface area contributed by atoms with Crippen LogP contribution in [-0.4, -0.2) is 25.6 Å². The van der Waals surface area contributed by atoms with E-state index in [1.165, 1.54) is 19.2 Å². The average Bonchev–Trinajstić information content (AvgIpc) is 2.60. The van der Waals surface area contributed by atoms with Gasteiger partial charge in [0.25, 0.3) is 5.91 Å². The Kier molecular flexibility index (Phi) is 6.27. The van der Waals surface area contributed by atoms with E-state index in [1.54, 1.807) is 26.0 Å². The molecule has 0 saturated carbocycles. The fraction of sp³-hybridized carbons (Fsp3) is 0.263. The van der Waals surface area contributed by atoms with Gasteiger partial charge in [-0.05, 0) is 37.6 Å². The van der Waals surface area contributed by atoms with Crippen molar-refractivity contribution in [2.24, 2.45) is 0 Å². The summed E-state index contributed by atoms with van der Waals surface area (Å²) in [6.45, 7) is 3.03. The number of methoxy groups -OCH3 is 1. The Morgan fingerprint density at radius 1 is 1.15 bits per heavy atom. The van der Waals surface area contributed by atoms with Gasteiger partial charge in [0.05, 0.1) is 18.7 Å². The number of ether oxygens (including phenoxy) is 2. The number of carbonyl (C=O) groups is 2. The second kappa shape index (κ2) is 8.42. The van der Waals surface area contributed by atoms with Crippen molar-refractivity contribution in [2.45, 2.75) is 19.9 Å². The summed E-state index contributed by atoms with van der Waals surface area (Å²) in [5.74, 6) is -2.05. The minimum absolute atomic E-state index is 0.170. The van der Waals surface area contributed by atoms with Crippen LogP contribution in [0, 0.1) is 18.6 Å². The Hall–Kier alpha value is -2.96. The lowest BCUT2D eigenvalue weighted by molar-refractivity contribution is -0.123. The lowest BCUT2D eigenvalue weighted by atomic mass is 10.1. The second-order valence-electron chi connectivity index (χ2n) is 5.72. The standard InChI is InChI=1S/C19H19F2NO4/c1-11-4-5-13(19(24)25-3)8-17(11)26-10-18(23)22-12(2)15-7-6-14(20)9-16(15)21/h4-9,12H,10H2,1-3H3,(H,22,23)/t12-/m1/s1. The van der Waals surface area contributed by atoms with E-state index in [0.29, 0.717) is 11.3 Å². The molecule has 0 spiro atoms. The first-order chi connectivity index (χ1) is 12.3. The smallest absolute Gasteiger partial charge is 0.337 e. The molecule has 0 heterocycles. The first-order valence-electron chi connectivity index (χ1n) is 7.88. The molecule has 1 N–H and O–H groups in total. The van der Waals surface area contributed by atoms with Gasteiger partial charge in [-0.15, -0.1) is 0 Å². The molecule has 1 atom stereocenters. The summed E-state index contributed by atoms with van der Waals surface area (Å²) in [5.41, 5.74) is 1.21. The molecule has 0 aliphatic rings. The number of rotatable bonds is 6. The van der Waals surface area contributed by atoms with Gasteiger partial charge < -0.3 is 14.8 Å². The fourth-order valence-electron chi connectivity index (χ4n) is 2.36. The van der Waals surface area contributed by atoms with Crippen molar-refractivity contribution in [2.75, 3.05) is 13.7 Å². The lowest BCUT2D eigenvalue weighted by Gasteiger charge is -2.16. The van der Waals surface area contributed by atoms with Crippen molar-refractivity contribution in [3.05, 3.63) is 64.7 Å². The molecular formula is C19H19F2NO4. The van der Waals surface area contributed by atoms with Crippen LogP contribution in [0.5, 0.6) is 5.75 Å². The molecule has 2 rings (SSSR count). The summed E-state index contributed by atoms with van der Waals surface area (Å²) in [5, 5.41) is 2.58. The summed E-state index contributed by atoms with van der Waals surface area (Å²) in [6.07, 6.45) is 0. The average molecular weight is 363 g/mol. The Labute approximate surface area is 149 Å². The first-order valence-corrected chi connectivity index (χ1v) is 7.88. The molecule has 0 aliphatic heterocycles. The molecule has 0 fully saturated rings. The minimum Gasteiger partial charge on any atom is -0.483 e. The van der Waals surface area contributed by atoms with E-state index in [1.807, 2.05) is 0 Å². The third kappa shape index (κ3) is 4.78. The zero-order chi connectivity index (χ0) is 19.3. The molecule has 0 radical (unpaired) electrons. The van der Waals surface area contributed by atoms with Crippen LogP contribution in [0.3, 0.4) is 0 Å². The van der Waals surface area contributed by atoms with Crippen molar-refractivity contribution in [1.29, 1.82) is 0 Å². The minimum atomic E-state index is -0.736. The third-order valence-electron chi connectivity index (χ3n) is 3.77. The van der Waals surface area contributed by atoms with Crippen LogP contribution >= 0.6 is 0 Å². The largest absolute Gasteiger partial charge is 0.483 e. The van der Waals surface area contributed by atoms with Gasteiger partial charge in [0, 0.05) is 11.6 Å². The fourth-order valence-corrected chi connectivity index (χ4v) is 2.36. The molecule has 2 aromatic carbocycles. The number of benzene rings is 2. The van der Waals surface area contributed by atoms with E-state index in [9.17, 15) is 18.4 Å². The molecule has 0 saturated heterocycles. The first kappa shape index (κ1) is 19.4. The van der Waals surface area contributed by atoms with Gasteiger partial charge in [-0.2, -0.15) is 0 Å². The number of amides is 1. The predicted molar refractivity (Wildman–Crippen MR) is 90.9 cm³/mol. The van der Waals surface area contributed by atoms with E-state index in [-0.39, 0.29) is 12.2 Å². The van der Waals surface area contributed by atoms with Crippen molar-refractivity contribution >= 4 is 11.9 Å². The number of nitrogens with one attached hydrogen (secondary N) is 1. The Bertz CT molecular complexity index is 823. The van der Waals surface area contributed by atoms with Gasteiger partial charge in [0.1, 0.15) is 17.4 Å². The number of esters is 1. The summed E-state index contributed by atoms with van der Waals surface area (Å²) >= 11 is 0. The van der Waals surface area contributed by atoms with Crippen molar-refractivity contribution in [1.82, 2.24) is 5.32 Å². The lowest BCUT2D eigenvalue weighted by Crippen LogP contribution is -2.31. The Morgan fingerprint density at radius 3 is 2.54 bits per heavy atom. The van der Waals surface area contributed by atoms with Gasteiger partial charge in [-0.3, -0.25) is 4.79 Å². The highest BCUT2D eigenvalue weighted by Gasteiger charge is 2.15. The maximum atomic E-state index is 13.7. The van der Waals surface area contributed by atoms with Crippen LogP contribution in [0.2, 0.25) is 0 Å². The van der Waals surface area contributed by atoms with Crippen LogP contribution in [-0.2, 0) is 9.53 Å². The summed E-state index contributed by atoms with van der Waals surface area (Å²) in [7, 11) is 1.27. The predicted octanol–water partition coefficient (Wildman–Crippen LogP) is 3.32. The Balaban J connectivity index is 1.99. The molecule has 0 bridgehead atoms. The van der Waals surface area contributed by atoms with E-state index < -0.39 is 29.6 Å². The maximum absolute atomic E-state index is 13.7. The van der Waals surface area contributed by atoms with Crippen LogP contribution in [0.4, 0.5) is 8.78 Å². The normalized spacial score (nSPS) is 11.6. The summed E-state index contributed by atoms with van der Waals surface area (Å²) < 4.78 is 36.8. The zero-order valence-electron chi connectivity index (χ0n) is 14.6. The van der Waals surface area contributed by atoms with Crippen LogP contribution in [0.15, 0.2) is 36.4 Å². The molecule has 1 amide bonds. The third-order valence-corrected chi connectivity index (χ3v) is 3.77. The number of carbonyl (C=O) groups excluding carboxylic acids is 2. The highest BCUT2D eigenvalue weighted by atomic mass is 19.1. The molecule has 138 valence electrons. The van der Waals surface area contributed by atoms with Crippen molar-refractivity contribution in [3.63, 3.8) is 0 Å². The number of halogens is 2. The molecule has 0 aliphatic carbocycles. The molecule has 0 aromatic heterocycles. The maximum Gasteiger partial charge on any atom is 0.337 e. The number of aryl methyl sites for hydroxylation is 1. The molecular weight excluding hydrogens is 344 g/mol. The molecule has 5 nitrogen and oxygen atoms in total. The van der Waals surface area contributed by atoms with Gasteiger partial charge in [-0.1, -0.05) is 12.1 Å². The van der Waals surface area contributed by atoms with Gasteiger partial charge in [0.15, 0.2) is 6.61 Å². The topological polar surface area (TPSA) is 64.6 Å². The number of hydrogen-bond donors (Lipinski definition) is 1. The highest BCUT2D eigenvalue weighted by Crippen LogP contribution is 2.21. The van der Waals surface area contributed by atoms with Gasteiger partial charge >= 0.3 is 5.97 Å². The van der Waals surface area contributed by atoms with Gasteiger partial charge in [-0.25, -0.2) is 13.6 Å². The molecule has 7 heteroatoms. The van der Waals surface area contributed by atoms with Crippen molar-refractivity contribution in [3.8, 4) is 5.75 Å². The van der Waals surface area contributed by atoms with Crippen LogP contribution in [0.25, 0.3) is 0 Å². The van der Waals surface area contributed by atoms with E-state index in [2.05, 4.69) is 10.1 Å². The summed E-state index contributed by atoms with van der Waals surface area (Å²) in [6, 6.07) is 7.26. The molecule has 2 aromatic rings. The quantitative estimate of drug-likeness (QED) is 0.800. The van der Waals surface area contributed by atoms with E-state index >= 15 is 0 Å². The highest BCUT2D eigenvalue weighted by molar-refractivity contribution is 5.90. The zero-order valence-corrected chi connectivity index (χ0v) is 14.6. The van der Waals surface area contributed by atoms with Crippen molar-refractivity contribution < 1.29 is 27.8 Å². The van der Waals surface area contributed by atoms with Crippen LogP contribution in [0.1, 0.15) is 34.5 Å². The van der Waals surface area contributed by atoms with E-state index in [0.717, 1.165) is 17.7 Å². The molecule has 0 unspecified atom stereocenters. The summed E-state index contributed by atoms with van der Waals surface area (Å²) in [4.78, 5) is 23.6. The Morgan fingerprint density at radius 2 is 1.88 bits per heavy atom. The second-order valence-corrected chi connectivity index (χ2v) is 5.72. The van der Waals surface area contributed by atoms with E-state index in [4.69, 9.17) is 4.74 Å². The van der Waals surface area contributed by atoms with Crippen LogP contribution < -0.4 is 10.1 Å². The monoisotopic (exact) mass is 363 g/mol. The number of hydrogen-bond acceptors (Lipinski definition) is 4. The SMILES string of the molecule is COC(=O)c1ccc(C)c(OCC(=O)N[C@H](C)c2ccc(F)cc2F)c1. The molecule has 26 heavy (non-hydrogen) atoms. The van der Waals surface area contributed by atoms with Gasteiger partial charge in [0.2, 0.25) is 0 Å².